The molecule has 1 aromatic rings. The third-order valence-electron chi connectivity index (χ3n) is 1.91. The minimum Gasteiger partial charge on any atom is -0.479 e. The fourth-order valence-corrected chi connectivity index (χ4v) is 1.21. The van der Waals surface area contributed by atoms with Crippen LogP contribution in [0.25, 0.3) is 0 Å². The number of nitrogens with zero attached hydrogens (tertiary/aromatic N) is 1. The van der Waals surface area contributed by atoms with Crippen LogP contribution in [0.3, 0.4) is 0 Å². The van der Waals surface area contributed by atoms with E-state index in [4.69, 9.17) is 14.7 Å². The molecular weight excluding hydrogens is 224 g/mol. The van der Waals surface area contributed by atoms with E-state index in [0.29, 0.717) is 0 Å². The maximum absolute atomic E-state index is 11.6. The van der Waals surface area contributed by atoms with Crippen LogP contribution in [0, 0.1) is 11.3 Å². The number of aromatic amines is 1. The quantitative estimate of drug-likeness (QED) is 0.781. The van der Waals surface area contributed by atoms with Gasteiger partial charge in [-0.05, 0) is 19.9 Å². The Morgan fingerprint density at radius 2 is 2.18 bits per heavy atom. The van der Waals surface area contributed by atoms with Crippen LogP contribution >= 0.6 is 0 Å². The van der Waals surface area contributed by atoms with E-state index in [0.717, 1.165) is 0 Å². The average Bonchev–Trinajstić information content (AvgIpc) is 2.30. The molecule has 0 aliphatic carbocycles. The Morgan fingerprint density at radius 3 is 2.71 bits per heavy atom. The summed E-state index contributed by atoms with van der Waals surface area (Å²) in [6, 6.07) is 2.86. The van der Waals surface area contributed by atoms with Crippen LogP contribution in [0.5, 0.6) is 5.88 Å². The molecule has 0 saturated carbocycles. The van der Waals surface area contributed by atoms with Crippen molar-refractivity contribution in [1.82, 2.24) is 4.98 Å². The van der Waals surface area contributed by atoms with E-state index in [9.17, 15) is 9.59 Å². The number of hydrogen-bond donors (Lipinski definition) is 1. The number of ether oxygens (including phenoxy) is 2. The lowest BCUT2D eigenvalue weighted by Gasteiger charge is -2.08. The molecule has 17 heavy (non-hydrogen) atoms. The number of carbonyl (C=O) groups is 1. The van der Waals surface area contributed by atoms with Crippen molar-refractivity contribution in [2.24, 2.45) is 0 Å². The second-order valence-electron chi connectivity index (χ2n) is 3.02. The second-order valence-corrected chi connectivity index (χ2v) is 3.02. The van der Waals surface area contributed by atoms with Crippen molar-refractivity contribution in [3.63, 3.8) is 0 Å². The van der Waals surface area contributed by atoms with Crippen molar-refractivity contribution in [3.8, 4) is 11.9 Å². The summed E-state index contributed by atoms with van der Waals surface area (Å²) < 4.78 is 9.92. The second kappa shape index (κ2) is 5.70. The number of hydrogen-bond acceptors (Lipinski definition) is 5. The molecule has 0 unspecified atom stereocenters. The number of nitriles is 1. The first-order valence-corrected chi connectivity index (χ1v) is 5.11. The summed E-state index contributed by atoms with van der Waals surface area (Å²) in [6.45, 7) is 3.86. The van der Waals surface area contributed by atoms with Gasteiger partial charge in [0, 0.05) is 0 Å². The SMILES string of the molecule is CCOC(=O)c1cc(C#N)c(=O)[nH]c1OCC. The van der Waals surface area contributed by atoms with E-state index < -0.39 is 11.5 Å². The van der Waals surface area contributed by atoms with Crippen LogP contribution in [0.4, 0.5) is 0 Å². The highest BCUT2D eigenvalue weighted by Crippen LogP contribution is 2.15. The fourth-order valence-electron chi connectivity index (χ4n) is 1.21. The lowest BCUT2D eigenvalue weighted by atomic mass is 10.2. The van der Waals surface area contributed by atoms with Crippen molar-refractivity contribution in [2.45, 2.75) is 13.8 Å². The topological polar surface area (TPSA) is 92.2 Å². The summed E-state index contributed by atoms with van der Waals surface area (Å²) in [5.74, 6) is -0.612. The van der Waals surface area contributed by atoms with E-state index in [-0.39, 0.29) is 30.2 Å². The van der Waals surface area contributed by atoms with Crippen LogP contribution in [-0.2, 0) is 4.74 Å². The monoisotopic (exact) mass is 236 g/mol. The number of H-pyrrole nitrogens is 1. The number of rotatable bonds is 4. The lowest BCUT2D eigenvalue weighted by Crippen LogP contribution is -2.17. The minimum absolute atomic E-state index is 0.0231. The minimum atomic E-state index is -0.635. The first-order chi connectivity index (χ1) is 8.13. The van der Waals surface area contributed by atoms with Crippen molar-refractivity contribution in [3.05, 3.63) is 27.5 Å². The predicted molar refractivity (Wildman–Crippen MR) is 58.9 cm³/mol. The van der Waals surface area contributed by atoms with Crippen LogP contribution in [-0.4, -0.2) is 24.2 Å². The van der Waals surface area contributed by atoms with Gasteiger partial charge in [0.2, 0.25) is 5.88 Å². The molecule has 0 radical (unpaired) electrons. The highest BCUT2D eigenvalue weighted by atomic mass is 16.5. The fraction of sp³-hybridized carbons (Fsp3) is 0.364. The van der Waals surface area contributed by atoms with Gasteiger partial charge in [-0.25, -0.2) is 4.79 Å². The molecule has 0 amide bonds. The number of pyridine rings is 1. The van der Waals surface area contributed by atoms with Gasteiger partial charge in [-0.3, -0.25) is 9.78 Å². The van der Waals surface area contributed by atoms with Crippen LogP contribution in [0.1, 0.15) is 29.8 Å². The molecule has 1 rings (SSSR count). The van der Waals surface area contributed by atoms with Gasteiger partial charge >= 0.3 is 5.97 Å². The molecule has 0 spiro atoms. The molecule has 1 aromatic heterocycles. The van der Waals surface area contributed by atoms with E-state index in [2.05, 4.69) is 4.98 Å². The molecule has 6 heteroatoms. The van der Waals surface area contributed by atoms with Gasteiger partial charge in [-0.1, -0.05) is 0 Å². The predicted octanol–water partition coefficient (Wildman–Crippen LogP) is 0.822. The molecule has 1 N–H and O–H groups in total. The number of esters is 1. The molecule has 6 nitrogen and oxygen atoms in total. The van der Waals surface area contributed by atoms with Gasteiger partial charge < -0.3 is 9.47 Å². The first-order valence-electron chi connectivity index (χ1n) is 5.11. The van der Waals surface area contributed by atoms with Gasteiger partial charge in [0.1, 0.15) is 17.2 Å². The summed E-state index contributed by atoms with van der Waals surface area (Å²) in [6.07, 6.45) is 0. The average molecular weight is 236 g/mol. The molecule has 90 valence electrons. The van der Waals surface area contributed by atoms with Crippen LogP contribution in [0.2, 0.25) is 0 Å². The standard InChI is InChI=1S/C11H12N2O4/c1-3-16-10-8(11(15)17-4-2)5-7(6-12)9(14)13-10/h5H,3-4H2,1-2H3,(H,13,14). The third-order valence-corrected chi connectivity index (χ3v) is 1.91. The van der Waals surface area contributed by atoms with Gasteiger partial charge in [0.25, 0.3) is 5.56 Å². The molecule has 0 fully saturated rings. The number of aromatic nitrogens is 1. The molecule has 0 saturated heterocycles. The van der Waals surface area contributed by atoms with Gasteiger partial charge in [0.05, 0.1) is 13.2 Å². The summed E-state index contributed by atoms with van der Waals surface area (Å²) in [5, 5.41) is 8.71. The molecule has 0 atom stereocenters. The zero-order valence-corrected chi connectivity index (χ0v) is 9.57. The summed E-state index contributed by atoms with van der Waals surface area (Å²) in [7, 11) is 0. The molecular formula is C11H12N2O4. The zero-order valence-electron chi connectivity index (χ0n) is 9.57. The normalized spacial score (nSPS) is 9.47. The molecule has 0 aliphatic rings. The van der Waals surface area contributed by atoms with E-state index in [1.54, 1.807) is 19.9 Å². The Labute approximate surface area is 97.8 Å². The Hall–Kier alpha value is -2.29. The van der Waals surface area contributed by atoms with E-state index in [1.165, 1.54) is 6.07 Å². The first kappa shape index (κ1) is 12.8. The number of nitrogens with one attached hydrogen (secondary N) is 1. The smallest absolute Gasteiger partial charge is 0.343 e. The van der Waals surface area contributed by atoms with Crippen LogP contribution < -0.4 is 10.3 Å². The molecule has 0 aliphatic heterocycles. The summed E-state index contributed by atoms with van der Waals surface area (Å²) in [4.78, 5) is 25.3. The molecule has 0 bridgehead atoms. The molecule has 0 aromatic carbocycles. The van der Waals surface area contributed by atoms with E-state index >= 15 is 0 Å². The largest absolute Gasteiger partial charge is 0.479 e. The van der Waals surface area contributed by atoms with Crippen molar-refractivity contribution in [1.29, 1.82) is 5.26 Å². The zero-order chi connectivity index (χ0) is 12.8. The summed E-state index contributed by atoms with van der Waals surface area (Å²) in [5.41, 5.74) is -0.703. The Balaban J connectivity index is 3.29. The molecule has 1 heterocycles. The Kier molecular flexibility index (Phi) is 4.29. The maximum Gasteiger partial charge on any atom is 0.343 e. The maximum atomic E-state index is 11.6. The highest BCUT2D eigenvalue weighted by Gasteiger charge is 2.17. The van der Waals surface area contributed by atoms with Crippen molar-refractivity contribution in [2.75, 3.05) is 13.2 Å². The van der Waals surface area contributed by atoms with Gasteiger partial charge in [-0.2, -0.15) is 5.26 Å². The Morgan fingerprint density at radius 1 is 1.47 bits per heavy atom. The van der Waals surface area contributed by atoms with Gasteiger partial charge in [-0.15, -0.1) is 0 Å². The Bertz CT molecular complexity index is 513. The highest BCUT2D eigenvalue weighted by molar-refractivity contribution is 5.92. The van der Waals surface area contributed by atoms with Crippen molar-refractivity contribution < 1.29 is 14.3 Å². The van der Waals surface area contributed by atoms with Crippen LogP contribution in [0.15, 0.2) is 10.9 Å². The number of carbonyl (C=O) groups excluding carboxylic acids is 1. The van der Waals surface area contributed by atoms with Gasteiger partial charge in [0.15, 0.2) is 0 Å². The third kappa shape index (κ3) is 2.84. The van der Waals surface area contributed by atoms with Crippen molar-refractivity contribution >= 4 is 5.97 Å². The summed E-state index contributed by atoms with van der Waals surface area (Å²) >= 11 is 0. The van der Waals surface area contributed by atoms with E-state index in [1.807, 2.05) is 0 Å². The lowest BCUT2D eigenvalue weighted by molar-refractivity contribution is 0.0521.